The Kier molecular flexibility index (Phi) is 5.05. The Hall–Kier alpha value is -2.79. The predicted molar refractivity (Wildman–Crippen MR) is 104 cm³/mol. The van der Waals surface area contributed by atoms with Gasteiger partial charge in [-0.3, -0.25) is 4.79 Å². The number of allylic oxidation sites excluding steroid dienone is 2. The minimum atomic E-state index is -0.184. The van der Waals surface area contributed by atoms with Crippen molar-refractivity contribution < 1.29 is 9.90 Å². The highest BCUT2D eigenvalue weighted by atomic mass is 32.2. The third-order valence-electron chi connectivity index (χ3n) is 3.56. The SMILES string of the molecule is CC(/C=C1\SC(=Nc2ccc(C)cc2O)NC1=O)=C\c1ccccc1. The molecule has 0 atom stereocenters. The van der Waals surface area contributed by atoms with Crippen molar-refractivity contribution in [3.05, 3.63) is 76.2 Å². The number of benzene rings is 2. The van der Waals surface area contributed by atoms with Crippen LogP contribution in [0.5, 0.6) is 5.75 Å². The standard InChI is InChI=1S/C20H18N2O2S/c1-13-8-9-16(17(23)11-13)21-20-22-19(24)18(25-20)12-14(2)10-15-6-4-3-5-7-15/h3-12,23H,1-2H3,(H,21,22,24)/b14-10+,18-12-. The van der Waals surface area contributed by atoms with Gasteiger partial charge < -0.3 is 10.4 Å². The van der Waals surface area contributed by atoms with Gasteiger partial charge in [0.15, 0.2) is 5.17 Å². The van der Waals surface area contributed by atoms with Crippen molar-refractivity contribution in [2.45, 2.75) is 13.8 Å². The van der Waals surface area contributed by atoms with Gasteiger partial charge in [0.1, 0.15) is 11.4 Å². The zero-order chi connectivity index (χ0) is 17.8. The normalized spacial score (nSPS) is 18.0. The Bertz CT molecular complexity index is 899. The number of thioether (sulfide) groups is 1. The van der Waals surface area contributed by atoms with E-state index in [1.165, 1.54) is 11.8 Å². The van der Waals surface area contributed by atoms with Crippen LogP contribution in [0.25, 0.3) is 6.08 Å². The number of hydrogen-bond acceptors (Lipinski definition) is 4. The lowest BCUT2D eigenvalue weighted by molar-refractivity contribution is -0.115. The topological polar surface area (TPSA) is 61.7 Å². The number of phenolic OH excluding ortho intramolecular Hbond substituents is 1. The summed E-state index contributed by atoms with van der Waals surface area (Å²) in [4.78, 5) is 17.0. The molecule has 1 heterocycles. The second kappa shape index (κ2) is 7.40. The molecule has 4 nitrogen and oxygen atoms in total. The molecule has 1 aliphatic rings. The van der Waals surface area contributed by atoms with Crippen molar-refractivity contribution in [2.24, 2.45) is 4.99 Å². The third-order valence-corrected chi connectivity index (χ3v) is 4.47. The van der Waals surface area contributed by atoms with E-state index in [1.807, 2.05) is 62.4 Å². The number of carbonyl (C=O) groups is 1. The summed E-state index contributed by atoms with van der Waals surface area (Å²) in [6.45, 7) is 3.85. The average molecular weight is 350 g/mol. The van der Waals surface area contributed by atoms with Crippen LogP contribution in [0.15, 0.2) is 70.1 Å². The first-order valence-corrected chi connectivity index (χ1v) is 8.65. The maximum absolute atomic E-state index is 12.1. The molecule has 1 fully saturated rings. The minimum Gasteiger partial charge on any atom is -0.506 e. The van der Waals surface area contributed by atoms with Crippen molar-refractivity contribution in [2.75, 3.05) is 0 Å². The average Bonchev–Trinajstić information content (AvgIpc) is 2.90. The Labute approximate surface area is 151 Å². The third kappa shape index (κ3) is 4.39. The number of hydrogen-bond donors (Lipinski definition) is 2. The van der Waals surface area contributed by atoms with Crippen LogP contribution in [0, 0.1) is 6.92 Å². The molecule has 0 spiro atoms. The quantitative estimate of drug-likeness (QED) is 0.799. The van der Waals surface area contributed by atoms with Crippen molar-refractivity contribution in [1.82, 2.24) is 5.32 Å². The van der Waals surface area contributed by atoms with Crippen LogP contribution in [0.2, 0.25) is 0 Å². The number of nitrogens with one attached hydrogen (secondary N) is 1. The van der Waals surface area contributed by atoms with Gasteiger partial charge in [0, 0.05) is 0 Å². The van der Waals surface area contributed by atoms with Crippen molar-refractivity contribution in [3.63, 3.8) is 0 Å². The number of aryl methyl sites for hydroxylation is 1. The number of aliphatic imine (C=N–C) groups is 1. The summed E-state index contributed by atoms with van der Waals surface area (Å²) in [5.74, 6) is -0.0869. The molecule has 5 heteroatoms. The van der Waals surface area contributed by atoms with Crippen LogP contribution in [-0.4, -0.2) is 16.2 Å². The number of aromatic hydroxyl groups is 1. The Morgan fingerprint density at radius 1 is 1.20 bits per heavy atom. The molecule has 2 N–H and O–H groups in total. The Morgan fingerprint density at radius 3 is 2.68 bits per heavy atom. The molecular weight excluding hydrogens is 332 g/mol. The molecule has 25 heavy (non-hydrogen) atoms. The van der Waals surface area contributed by atoms with Gasteiger partial charge in [-0.2, -0.15) is 0 Å². The summed E-state index contributed by atoms with van der Waals surface area (Å²) in [5, 5.41) is 13.1. The van der Waals surface area contributed by atoms with E-state index in [9.17, 15) is 9.90 Å². The highest BCUT2D eigenvalue weighted by Gasteiger charge is 2.24. The van der Waals surface area contributed by atoms with E-state index in [2.05, 4.69) is 10.3 Å². The lowest BCUT2D eigenvalue weighted by atomic mass is 10.1. The van der Waals surface area contributed by atoms with E-state index in [-0.39, 0.29) is 11.7 Å². The molecule has 126 valence electrons. The Balaban J connectivity index is 1.80. The van der Waals surface area contributed by atoms with Gasteiger partial charge in [0.2, 0.25) is 0 Å². The predicted octanol–water partition coefficient (Wildman–Crippen LogP) is 4.54. The summed E-state index contributed by atoms with van der Waals surface area (Å²) in [6.07, 6.45) is 3.85. The Morgan fingerprint density at radius 2 is 1.96 bits per heavy atom. The maximum atomic E-state index is 12.1. The van der Waals surface area contributed by atoms with Gasteiger partial charge in [-0.1, -0.05) is 42.5 Å². The fraction of sp³-hybridized carbons (Fsp3) is 0.100. The number of nitrogens with zero attached hydrogens (tertiary/aromatic N) is 1. The summed E-state index contributed by atoms with van der Waals surface area (Å²) in [6, 6.07) is 15.2. The monoisotopic (exact) mass is 350 g/mol. The van der Waals surface area contributed by atoms with Gasteiger partial charge >= 0.3 is 0 Å². The van der Waals surface area contributed by atoms with Gasteiger partial charge in [-0.15, -0.1) is 0 Å². The lowest BCUT2D eigenvalue weighted by Gasteiger charge is -2.01. The van der Waals surface area contributed by atoms with Crippen molar-refractivity contribution in [3.8, 4) is 5.75 Å². The van der Waals surface area contributed by atoms with Crippen molar-refractivity contribution >= 4 is 34.6 Å². The molecule has 1 saturated heterocycles. The van der Waals surface area contributed by atoms with Gasteiger partial charge in [0.25, 0.3) is 5.91 Å². The fourth-order valence-electron chi connectivity index (χ4n) is 2.38. The molecule has 0 unspecified atom stereocenters. The number of phenols is 1. The number of amidine groups is 1. The summed E-state index contributed by atoms with van der Waals surface area (Å²) in [7, 11) is 0. The van der Waals surface area contributed by atoms with Gasteiger partial charge in [-0.25, -0.2) is 4.99 Å². The molecule has 1 amide bonds. The largest absolute Gasteiger partial charge is 0.506 e. The van der Waals surface area contributed by atoms with E-state index in [1.54, 1.807) is 12.1 Å². The first kappa shape index (κ1) is 17.0. The molecule has 3 rings (SSSR count). The molecule has 2 aromatic rings. The lowest BCUT2D eigenvalue weighted by Crippen LogP contribution is -2.19. The zero-order valence-electron chi connectivity index (χ0n) is 14.0. The molecule has 0 bridgehead atoms. The minimum absolute atomic E-state index is 0.0972. The van der Waals surface area contributed by atoms with Crippen LogP contribution in [0.3, 0.4) is 0 Å². The van der Waals surface area contributed by atoms with E-state index in [0.29, 0.717) is 15.8 Å². The number of carbonyl (C=O) groups excluding carboxylic acids is 1. The fourth-order valence-corrected chi connectivity index (χ4v) is 3.26. The van der Waals surface area contributed by atoms with Crippen LogP contribution in [0.4, 0.5) is 5.69 Å². The second-order valence-electron chi connectivity index (χ2n) is 5.77. The summed E-state index contributed by atoms with van der Waals surface area (Å²) >= 11 is 1.26. The summed E-state index contributed by atoms with van der Waals surface area (Å²) in [5.41, 5.74) is 3.44. The highest BCUT2D eigenvalue weighted by Crippen LogP contribution is 2.31. The summed E-state index contributed by atoms with van der Waals surface area (Å²) < 4.78 is 0. The first-order chi connectivity index (χ1) is 12.0. The zero-order valence-corrected chi connectivity index (χ0v) is 14.8. The molecule has 0 radical (unpaired) electrons. The molecule has 1 aliphatic heterocycles. The van der Waals surface area contributed by atoms with Crippen LogP contribution >= 0.6 is 11.8 Å². The van der Waals surface area contributed by atoms with E-state index in [0.717, 1.165) is 16.7 Å². The first-order valence-electron chi connectivity index (χ1n) is 7.84. The van der Waals surface area contributed by atoms with Gasteiger partial charge in [-0.05, 0) is 60.5 Å². The van der Waals surface area contributed by atoms with Gasteiger partial charge in [0.05, 0.1) is 4.91 Å². The number of rotatable bonds is 3. The van der Waals surface area contributed by atoms with E-state index < -0.39 is 0 Å². The van der Waals surface area contributed by atoms with E-state index in [4.69, 9.17) is 0 Å². The second-order valence-corrected chi connectivity index (χ2v) is 6.80. The highest BCUT2D eigenvalue weighted by molar-refractivity contribution is 8.18. The molecule has 0 saturated carbocycles. The van der Waals surface area contributed by atoms with Crippen LogP contribution < -0.4 is 5.32 Å². The smallest absolute Gasteiger partial charge is 0.264 e. The van der Waals surface area contributed by atoms with Crippen molar-refractivity contribution in [1.29, 1.82) is 0 Å². The molecule has 0 aliphatic carbocycles. The van der Waals surface area contributed by atoms with Crippen LogP contribution in [0.1, 0.15) is 18.1 Å². The number of amides is 1. The molecule has 0 aromatic heterocycles. The van der Waals surface area contributed by atoms with E-state index >= 15 is 0 Å². The van der Waals surface area contributed by atoms with Crippen LogP contribution in [-0.2, 0) is 4.79 Å². The molecular formula is C20H18N2O2S. The maximum Gasteiger partial charge on any atom is 0.264 e. The molecule has 2 aromatic carbocycles.